The van der Waals surface area contributed by atoms with E-state index in [1.807, 2.05) is 0 Å². The first kappa shape index (κ1) is 16.0. The predicted octanol–water partition coefficient (Wildman–Crippen LogP) is 4.48. The largest absolute Gasteiger partial charge is 0.496 e. The average Bonchev–Trinajstić information content (AvgIpc) is 2.40. The van der Waals surface area contributed by atoms with Gasteiger partial charge in [-0.2, -0.15) is 0 Å². The molecule has 2 nitrogen and oxygen atoms in total. The van der Waals surface area contributed by atoms with Gasteiger partial charge >= 0.3 is 0 Å². The number of benzene rings is 1. The van der Waals surface area contributed by atoms with Gasteiger partial charge in [0.15, 0.2) is 0 Å². The van der Waals surface area contributed by atoms with Crippen molar-refractivity contribution >= 4 is 0 Å². The normalized spacial score (nSPS) is 12.7. The second-order valence-electron chi connectivity index (χ2n) is 5.33. The summed E-state index contributed by atoms with van der Waals surface area (Å²) in [4.78, 5) is 0. The second kappa shape index (κ2) is 8.21. The van der Waals surface area contributed by atoms with Gasteiger partial charge in [0.2, 0.25) is 0 Å². The first-order valence-corrected chi connectivity index (χ1v) is 7.49. The van der Waals surface area contributed by atoms with Crippen LogP contribution in [0.1, 0.15) is 56.7 Å². The summed E-state index contributed by atoms with van der Waals surface area (Å²) < 4.78 is 5.35. The highest BCUT2D eigenvalue weighted by atomic mass is 16.5. The van der Waals surface area contributed by atoms with E-state index in [9.17, 15) is 0 Å². The van der Waals surface area contributed by atoms with E-state index in [4.69, 9.17) is 4.74 Å². The average molecular weight is 263 g/mol. The Hall–Kier alpha value is -1.02. The van der Waals surface area contributed by atoms with Crippen molar-refractivity contribution in [3.63, 3.8) is 0 Å². The minimum absolute atomic E-state index is 0.449. The zero-order chi connectivity index (χ0) is 14.3. The van der Waals surface area contributed by atoms with Crippen molar-refractivity contribution in [2.45, 2.75) is 52.5 Å². The Labute approximate surface area is 118 Å². The summed E-state index contributed by atoms with van der Waals surface area (Å²) in [5.41, 5.74) is 2.60. The molecular formula is C17H29NO. The summed E-state index contributed by atoms with van der Waals surface area (Å²) in [5, 5.41) is 3.51. The summed E-state index contributed by atoms with van der Waals surface area (Å²) in [6, 6.07) is 7.00. The van der Waals surface area contributed by atoms with E-state index in [0.29, 0.717) is 12.0 Å². The van der Waals surface area contributed by atoms with Gasteiger partial charge in [-0.05, 0) is 49.9 Å². The monoisotopic (exact) mass is 263 g/mol. The molecule has 0 saturated carbocycles. The number of ether oxygens (including phenoxy) is 1. The Kier molecular flexibility index (Phi) is 6.93. The van der Waals surface area contributed by atoms with Crippen molar-refractivity contribution in [1.82, 2.24) is 5.32 Å². The van der Waals surface area contributed by atoms with E-state index < -0.39 is 0 Å². The predicted molar refractivity (Wildman–Crippen MR) is 82.8 cm³/mol. The van der Waals surface area contributed by atoms with Crippen molar-refractivity contribution in [3.05, 3.63) is 29.3 Å². The van der Waals surface area contributed by atoms with Gasteiger partial charge in [-0.15, -0.1) is 0 Å². The van der Waals surface area contributed by atoms with E-state index in [2.05, 4.69) is 51.3 Å². The molecule has 0 heterocycles. The second-order valence-corrected chi connectivity index (χ2v) is 5.33. The molecule has 1 rings (SSSR count). The van der Waals surface area contributed by atoms with E-state index in [-0.39, 0.29) is 0 Å². The van der Waals surface area contributed by atoms with Gasteiger partial charge in [-0.1, -0.05) is 38.8 Å². The fraction of sp³-hybridized carbons (Fsp3) is 0.647. The van der Waals surface area contributed by atoms with E-state index in [1.165, 1.54) is 36.8 Å². The maximum atomic E-state index is 5.35. The number of hydrogen-bond acceptors (Lipinski definition) is 2. The van der Waals surface area contributed by atoms with Gasteiger partial charge in [-0.25, -0.2) is 0 Å². The van der Waals surface area contributed by atoms with Crippen LogP contribution in [0, 0.1) is 12.8 Å². The van der Waals surface area contributed by atoms with Crippen LogP contribution in [0.5, 0.6) is 5.75 Å². The molecule has 0 aromatic heterocycles. The number of aryl methyl sites for hydroxylation is 1. The van der Waals surface area contributed by atoms with E-state index in [0.717, 1.165) is 5.75 Å². The van der Waals surface area contributed by atoms with Gasteiger partial charge in [-0.3, -0.25) is 0 Å². The highest BCUT2D eigenvalue weighted by molar-refractivity contribution is 5.37. The van der Waals surface area contributed by atoms with Crippen LogP contribution in [0.25, 0.3) is 0 Å². The first-order valence-electron chi connectivity index (χ1n) is 7.49. The molecule has 0 amide bonds. The van der Waals surface area contributed by atoms with Crippen LogP contribution in [-0.4, -0.2) is 14.2 Å². The smallest absolute Gasteiger partial charge is 0.121 e. The molecule has 1 atom stereocenters. The molecule has 1 aromatic rings. The number of nitrogens with one attached hydrogen (secondary N) is 1. The van der Waals surface area contributed by atoms with Gasteiger partial charge in [0.1, 0.15) is 5.75 Å². The molecule has 0 saturated heterocycles. The number of rotatable bonds is 8. The van der Waals surface area contributed by atoms with Crippen molar-refractivity contribution in [3.8, 4) is 5.75 Å². The van der Waals surface area contributed by atoms with Gasteiger partial charge in [0.05, 0.1) is 7.11 Å². The van der Waals surface area contributed by atoms with Crippen LogP contribution in [0.2, 0.25) is 0 Å². The van der Waals surface area contributed by atoms with Crippen LogP contribution < -0.4 is 10.1 Å². The Bertz CT molecular complexity index is 370. The zero-order valence-electron chi connectivity index (χ0n) is 13.1. The molecule has 0 aliphatic carbocycles. The Morgan fingerprint density at radius 1 is 1.16 bits per heavy atom. The summed E-state index contributed by atoms with van der Waals surface area (Å²) in [6.45, 7) is 6.66. The van der Waals surface area contributed by atoms with Crippen LogP contribution in [-0.2, 0) is 0 Å². The Morgan fingerprint density at radius 3 is 2.21 bits per heavy atom. The third-order valence-electron chi connectivity index (χ3n) is 3.88. The molecule has 0 bridgehead atoms. The first-order chi connectivity index (χ1) is 9.17. The molecule has 19 heavy (non-hydrogen) atoms. The van der Waals surface area contributed by atoms with Crippen LogP contribution in [0.15, 0.2) is 18.2 Å². The Balaban J connectivity index is 2.96. The van der Waals surface area contributed by atoms with Gasteiger partial charge in [0.25, 0.3) is 0 Å². The minimum Gasteiger partial charge on any atom is -0.496 e. The maximum absolute atomic E-state index is 5.35. The van der Waals surface area contributed by atoms with Crippen LogP contribution in [0.4, 0.5) is 0 Å². The lowest BCUT2D eigenvalue weighted by atomic mass is 9.85. The van der Waals surface area contributed by atoms with E-state index in [1.54, 1.807) is 7.11 Å². The van der Waals surface area contributed by atoms with Crippen molar-refractivity contribution < 1.29 is 4.74 Å². The number of methoxy groups -OCH3 is 1. The summed E-state index contributed by atoms with van der Waals surface area (Å²) in [7, 11) is 3.80. The summed E-state index contributed by atoms with van der Waals surface area (Å²) in [5.74, 6) is 1.69. The molecule has 1 aromatic carbocycles. The fourth-order valence-corrected chi connectivity index (χ4v) is 2.99. The van der Waals surface area contributed by atoms with Crippen molar-refractivity contribution in [2.75, 3.05) is 14.2 Å². The standard InChI is InChI=1S/C17H29NO/c1-6-8-14(9-7-2)17(18-4)15-10-11-16(19-5)13(3)12-15/h10-12,14,17-18H,6-9H2,1-5H3. The lowest BCUT2D eigenvalue weighted by Gasteiger charge is -2.27. The lowest BCUT2D eigenvalue weighted by molar-refractivity contribution is 0.330. The molecule has 1 unspecified atom stereocenters. The van der Waals surface area contributed by atoms with Crippen molar-refractivity contribution in [2.24, 2.45) is 5.92 Å². The van der Waals surface area contributed by atoms with E-state index >= 15 is 0 Å². The molecular weight excluding hydrogens is 234 g/mol. The van der Waals surface area contributed by atoms with Crippen LogP contribution in [0.3, 0.4) is 0 Å². The molecule has 0 aliphatic heterocycles. The molecule has 0 radical (unpaired) electrons. The van der Waals surface area contributed by atoms with Crippen molar-refractivity contribution in [1.29, 1.82) is 0 Å². The molecule has 2 heteroatoms. The molecule has 0 fully saturated rings. The summed E-state index contributed by atoms with van der Waals surface area (Å²) in [6.07, 6.45) is 5.06. The molecule has 108 valence electrons. The van der Waals surface area contributed by atoms with Gasteiger partial charge < -0.3 is 10.1 Å². The third kappa shape index (κ3) is 4.24. The molecule has 0 spiro atoms. The highest BCUT2D eigenvalue weighted by Crippen LogP contribution is 2.31. The SMILES string of the molecule is CCCC(CCC)C(NC)c1ccc(OC)c(C)c1. The van der Waals surface area contributed by atoms with Gasteiger partial charge in [0, 0.05) is 6.04 Å². The maximum Gasteiger partial charge on any atom is 0.121 e. The third-order valence-corrected chi connectivity index (χ3v) is 3.88. The summed E-state index contributed by atoms with van der Waals surface area (Å²) >= 11 is 0. The highest BCUT2D eigenvalue weighted by Gasteiger charge is 2.20. The lowest BCUT2D eigenvalue weighted by Crippen LogP contribution is -2.25. The van der Waals surface area contributed by atoms with Crippen LogP contribution >= 0.6 is 0 Å². The Morgan fingerprint density at radius 2 is 1.79 bits per heavy atom. The quantitative estimate of drug-likeness (QED) is 0.746. The molecule has 1 N–H and O–H groups in total. The number of hydrogen-bond donors (Lipinski definition) is 1. The zero-order valence-corrected chi connectivity index (χ0v) is 13.1. The fourth-order valence-electron chi connectivity index (χ4n) is 2.99. The molecule has 0 aliphatic rings. The topological polar surface area (TPSA) is 21.3 Å². The minimum atomic E-state index is 0.449.